The second kappa shape index (κ2) is 4.75. The molecule has 0 saturated carbocycles. The van der Waals surface area contributed by atoms with Gasteiger partial charge in [0, 0.05) is 18.5 Å². The lowest BCUT2D eigenvalue weighted by molar-refractivity contribution is 0.230. The average molecular weight is 263 g/mol. The largest absolute Gasteiger partial charge is 0.295 e. The van der Waals surface area contributed by atoms with Crippen LogP contribution in [0.1, 0.15) is 47.1 Å². The molecule has 2 aliphatic rings. The highest BCUT2D eigenvalue weighted by Crippen LogP contribution is 2.44. The summed E-state index contributed by atoms with van der Waals surface area (Å²) < 4.78 is 0. The van der Waals surface area contributed by atoms with Crippen molar-refractivity contribution < 1.29 is 0 Å². The normalized spacial score (nSPS) is 25.2. The summed E-state index contributed by atoms with van der Waals surface area (Å²) in [6, 6.07) is 18.7. The predicted molar refractivity (Wildman–Crippen MR) is 83.0 cm³/mol. The number of aryl methyl sites for hydroxylation is 1. The standard InChI is InChI=1S/C19H21N/c1-14-7-2-3-8-15(14)18-13-20-12-6-11-19(20)17-10-5-4-9-16(17)18/h2-5,7-10,18-19H,6,11-13H2,1H3/t18-,19-/m0/s1. The molecule has 0 unspecified atom stereocenters. The van der Waals surface area contributed by atoms with Crippen molar-refractivity contribution in [3.63, 3.8) is 0 Å². The van der Waals surface area contributed by atoms with Gasteiger partial charge in [0.05, 0.1) is 0 Å². The Balaban J connectivity index is 1.85. The van der Waals surface area contributed by atoms with E-state index in [2.05, 4.69) is 60.4 Å². The second-order valence-corrected chi connectivity index (χ2v) is 6.19. The maximum Gasteiger partial charge on any atom is 0.0351 e. The van der Waals surface area contributed by atoms with Crippen LogP contribution in [0.4, 0.5) is 0 Å². The van der Waals surface area contributed by atoms with Crippen LogP contribution in [0.15, 0.2) is 48.5 Å². The molecule has 0 radical (unpaired) electrons. The van der Waals surface area contributed by atoms with Gasteiger partial charge < -0.3 is 0 Å². The summed E-state index contributed by atoms with van der Waals surface area (Å²) in [5, 5.41) is 0. The molecular formula is C19H21N. The van der Waals surface area contributed by atoms with E-state index in [-0.39, 0.29) is 0 Å². The molecule has 102 valence electrons. The van der Waals surface area contributed by atoms with Gasteiger partial charge in [-0.3, -0.25) is 4.90 Å². The highest BCUT2D eigenvalue weighted by molar-refractivity contribution is 5.45. The fourth-order valence-electron chi connectivity index (χ4n) is 4.11. The number of rotatable bonds is 1. The van der Waals surface area contributed by atoms with Crippen molar-refractivity contribution in [2.45, 2.75) is 31.7 Å². The average Bonchev–Trinajstić information content (AvgIpc) is 2.96. The van der Waals surface area contributed by atoms with Crippen LogP contribution in [0.5, 0.6) is 0 Å². The van der Waals surface area contributed by atoms with Crippen molar-refractivity contribution >= 4 is 0 Å². The molecule has 2 heterocycles. The van der Waals surface area contributed by atoms with Gasteiger partial charge in [0.25, 0.3) is 0 Å². The van der Waals surface area contributed by atoms with E-state index in [1.807, 2.05) is 0 Å². The minimum Gasteiger partial charge on any atom is -0.295 e. The van der Waals surface area contributed by atoms with Gasteiger partial charge in [-0.2, -0.15) is 0 Å². The van der Waals surface area contributed by atoms with Crippen molar-refractivity contribution in [3.8, 4) is 0 Å². The van der Waals surface area contributed by atoms with E-state index in [1.165, 1.54) is 37.1 Å². The Hall–Kier alpha value is -1.60. The van der Waals surface area contributed by atoms with Crippen molar-refractivity contribution in [1.82, 2.24) is 4.90 Å². The summed E-state index contributed by atoms with van der Waals surface area (Å²) in [6.45, 7) is 4.70. The van der Waals surface area contributed by atoms with Gasteiger partial charge in [-0.15, -0.1) is 0 Å². The van der Waals surface area contributed by atoms with Crippen molar-refractivity contribution in [3.05, 3.63) is 70.8 Å². The molecule has 1 heteroatoms. The van der Waals surface area contributed by atoms with Gasteiger partial charge in [-0.25, -0.2) is 0 Å². The molecule has 2 aliphatic heterocycles. The van der Waals surface area contributed by atoms with Crippen LogP contribution in [0, 0.1) is 6.92 Å². The summed E-state index contributed by atoms with van der Waals surface area (Å²) in [5.41, 5.74) is 6.06. The highest BCUT2D eigenvalue weighted by Gasteiger charge is 2.36. The number of fused-ring (bicyclic) bond motifs is 3. The van der Waals surface area contributed by atoms with Crippen LogP contribution in [0.2, 0.25) is 0 Å². The molecule has 0 bridgehead atoms. The Bertz CT molecular complexity index is 631. The van der Waals surface area contributed by atoms with E-state index in [0.29, 0.717) is 12.0 Å². The number of nitrogens with zero attached hydrogens (tertiary/aromatic N) is 1. The molecule has 20 heavy (non-hydrogen) atoms. The van der Waals surface area contributed by atoms with Gasteiger partial charge in [-0.05, 0) is 48.6 Å². The third-order valence-electron chi connectivity index (χ3n) is 5.08. The zero-order chi connectivity index (χ0) is 13.5. The van der Waals surface area contributed by atoms with Gasteiger partial charge in [0.2, 0.25) is 0 Å². The Kier molecular flexibility index (Phi) is 2.89. The van der Waals surface area contributed by atoms with E-state index in [4.69, 9.17) is 0 Å². The maximum atomic E-state index is 2.69. The fraction of sp³-hybridized carbons (Fsp3) is 0.368. The van der Waals surface area contributed by atoms with E-state index >= 15 is 0 Å². The van der Waals surface area contributed by atoms with Gasteiger partial charge >= 0.3 is 0 Å². The predicted octanol–water partition coefficient (Wildman–Crippen LogP) is 4.28. The van der Waals surface area contributed by atoms with Crippen LogP contribution < -0.4 is 0 Å². The minimum atomic E-state index is 0.543. The Labute approximate surface area is 121 Å². The van der Waals surface area contributed by atoms with E-state index < -0.39 is 0 Å². The van der Waals surface area contributed by atoms with Gasteiger partial charge in [0.15, 0.2) is 0 Å². The van der Waals surface area contributed by atoms with Crippen molar-refractivity contribution in [1.29, 1.82) is 0 Å². The molecule has 2 atom stereocenters. The number of hydrogen-bond acceptors (Lipinski definition) is 1. The molecule has 2 aromatic rings. The zero-order valence-corrected chi connectivity index (χ0v) is 12.0. The van der Waals surface area contributed by atoms with E-state index in [0.717, 1.165) is 0 Å². The van der Waals surface area contributed by atoms with E-state index in [1.54, 1.807) is 11.1 Å². The monoisotopic (exact) mass is 263 g/mol. The Morgan fingerprint density at radius 1 is 0.900 bits per heavy atom. The SMILES string of the molecule is Cc1ccccc1[C@@H]1CN2CCC[C@H]2c2ccccc21. The van der Waals surface area contributed by atoms with Gasteiger partial charge in [-0.1, -0.05) is 48.5 Å². The van der Waals surface area contributed by atoms with E-state index in [9.17, 15) is 0 Å². The van der Waals surface area contributed by atoms with Crippen molar-refractivity contribution in [2.24, 2.45) is 0 Å². The third kappa shape index (κ3) is 1.81. The number of benzene rings is 2. The lowest BCUT2D eigenvalue weighted by Crippen LogP contribution is -2.34. The van der Waals surface area contributed by atoms with Crippen LogP contribution in [-0.2, 0) is 0 Å². The Morgan fingerprint density at radius 3 is 2.40 bits per heavy atom. The quantitative estimate of drug-likeness (QED) is 0.742. The van der Waals surface area contributed by atoms with Crippen LogP contribution in [0.25, 0.3) is 0 Å². The molecule has 2 aromatic carbocycles. The fourth-order valence-corrected chi connectivity index (χ4v) is 4.11. The molecule has 1 nitrogen and oxygen atoms in total. The summed E-state index contributed by atoms with van der Waals surface area (Å²) in [5.74, 6) is 0.543. The first-order valence-electron chi connectivity index (χ1n) is 7.73. The first-order chi connectivity index (χ1) is 9.84. The summed E-state index contributed by atoms with van der Waals surface area (Å²) in [6.07, 6.45) is 2.68. The zero-order valence-electron chi connectivity index (χ0n) is 12.0. The van der Waals surface area contributed by atoms with Crippen molar-refractivity contribution in [2.75, 3.05) is 13.1 Å². The highest BCUT2D eigenvalue weighted by atomic mass is 15.2. The molecule has 0 N–H and O–H groups in total. The molecule has 0 amide bonds. The number of hydrogen-bond donors (Lipinski definition) is 0. The lowest BCUT2D eigenvalue weighted by Gasteiger charge is -2.38. The minimum absolute atomic E-state index is 0.543. The molecule has 0 aliphatic carbocycles. The Morgan fingerprint density at radius 2 is 1.60 bits per heavy atom. The maximum absolute atomic E-state index is 2.69. The molecule has 4 rings (SSSR count). The molecule has 0 spiro atoms. The topological polar surface area (TPSA) is 3.24 Å². The summed E-state index contributed by atoms with van der Waals surface area (Å²) in [7, 11) is 0. The molecule has 1 fully saturated rings. The lowest BCUT2D eigenvalue weighted by atomic mass is 9.80. The van der Waals surface area contributed by atoms with Gasteiger partial charge in [0.1, 0.15) is 0 Å². The first kappa shape index (κ1) is 12.2. The second-order valence-electron chi connectivity index (χ2n) is 6.19. The van der Waals surface area contributed by atoms with Crippen LogP contribution in [0.3, 0.4) is 0 Å². The molecule has 0 aromatic heterocycles. The summed E-state index contributed by atoms with van der Waals surface area (Å²) >= 11 is 0. The first-order valence-corrected chi connectivity index (χ1v) is 7.73. The van der Waals surface area contributed by atoms with Crippen LogP contribution >= 0.6 is 0 Å². The third-order valence-corrected chi connectivity index (χ3v) is 5.08. The smallest absolute Gasteiger partial charge is 0.0351 e. The molecular weight excluding hydrogens is 242 g/mol. The molecule has 1 saturated heterocycles. The van der Waals surface area contributed by atoms with Crippen LogP contribution in [-0.4, -0.2) is 18.0 Å². The summed E-state index contributed by atoms with van der Waals surface area (Å²) in [4.78, 5) is 2.69.